The number of aliphatic imine (C=N–C) groups is 1. The molecular weight excluding hydrogens is 128 g/mol. The lowest BCUT2D eigenvalue weighted by atomic mass is 10.3. The first-order valence-corrected chi connectivity index (χ1v) is 3.00. The van der Waals surface area contributed by atoms with Crippen LogP contribution < -0.4 is 0 Å². The van der Waals surface area contributed by atoms with E-state index in [-0.39, 0.29) is 6.02 Å². The van der Waals surface area contributed by atoms with Crippen LogP contribution in [0, 0.1) is 5.41 Å². The van der Waals surface area contributed by atoms with Crippen LogP contribution in [-0.4, -0.2) is 19.3 Å². The molecule has 0 saturated heterocycles. The molecule has 0 aliphatic carbocycles. The van der Waals surface area contributed by atoms with Gasteiger partial charge in [0.25, 0.3) is 0 Å². The SMILES string of the molecule is C/C=C(C)\C=N/C(=N)OC. The predicted molar refractivity (Wildman–Crippen MR) is 42.7 cm³/mol. The van der Waals surface area contributed by atoms with Crippen molar-refractivity contribution in [3.05, 3.63) is 11.6 Å². The molecule has 3 nitrogen and oxygen atoms in total. The minimum atomic E-state index is -0.0683. The summed E-state index contributed by atoms with van der Waals surface area (Å²) in [7, 11) is 1.42. The van der Waals surface area contributed by atoms with Crippen molar-refractivity contribution >= 4 is 12.2 Å². The van der Waals surface area contributed by atoms with Gasteiger partial charge < -0.3 is 4.74 Å². The summed E-state index contributed by atoms with van der Waals surface area (Å²) in [5, 5.41) is 6.96. The summed E-state index contributed by atoms with van der Waals surface area (Å²) in [4.78, 5) is 3.68. The molecule has 1 N–H and O–H groups in total. The Labute approximate surface area is 60.9 Å². The molecule has 0 aliphatic heterocycles. The van der Waals surface area contributed by atoms with Crippen LogP contribution in [0.4, 0.5) is 0 Å². The van der Waals surface area contributed by atoms with E-state index in [0.29, 0.717) is 0 Å². The van der Waals surface area contributed by atoms with Crippen LogP contribution in [0.2, 0.25) is 0 Å². The zero-order chi connectivity index (χ0) is 7.98. The smallest absolute Gasteiger partial charge is 0.308 e. The highest BCUT2D eigenvalue weighted by molar-refractivity contribution is 5.88. The lowest BCUT2D eigenvalue weighted by Gasteiger charge is -1.91. The van der Waals surface area contributed by atoms with Crippen LogP contribution in [0.5, 0.6) is 0 Å². The van der Waals surface area contributed by atoms with Crippen molar-refractivity contribution in [2.24, 2.45) is 4.99 Å². The van der Waals surface area contributed by atoms with E-state index in [4.69, 9.17) is 5.41 Å². The number of rotatable bonds is 1. The molecule has 0 aromatic rings. The van der Waals surface area contributed by atoms with Gasteiger partial charge in [0, 0.05) is 6.21 Å². The van der Waals surface area contributed by atoms with Crippen LogP contribution in [0.3, 0.4) is 0 Å². The Morgan fingerprint density at radius 1 is 1.60 bits per heavy atom. The minimum absolute atomic E-state index is 0.0683. The highest BCUT2D eigenvalue weighted by Gasteiger charge is 1.84. The highest BCUT2D eigenvalue weighted by Crippen LogP contribution is 1.86. The number of hydrogen-bond donors (Lipinski definition) is 1. The topological polar surface area (TPSA) is 45.4 Å². The maximum atomic E-state index is 6.96. The molecule has 0 bridgehead atoms. The molecule has 0 amide bonds. The fourth-order valence-electron chi connectivity index (χ4n) is 0.288. The second-order valence-corrected chi connectivity index (χ2v) is 1.80. The summed E-state index contributed by atoms with van der Waals surface area (Å²) < 4.78 is 4.50. The molecule has 10 heavy (non-hydrogen) atoms. The minimum Gasteiger partial charge on any atom is -0.467 e. The van der Waals surface area contributed by atoms with Crippen LogP contribution in [0.15, 0.2) is 16.6 Å². The molecule has 0 radical (unpaired) electrons. The predicted octanol–water partition coefficient (Wildman–Crippen LogP) is 1.60. The van der Waals surface area contributed by atoms with Gasteiger partial charge in [-0.25, -0.2) is 10.4 Å². The number of nitrogens with one attached hydrogen (secondary N) is 1. The number of amidine groups is 1. The molecule has 0 heterocycles. The summed E-state index contributed by atoms with van der Waals surface area (Å²) in [6.45, 7) is 3.82. The summed E-state index contributed by atoms with van der Waals surface area (Å²) in [6, 6.07) is -0.0683. The van der Waals surface area contributed by atoms with Crippen LogP contribution in [-0.2, 0) is 4.74 Å². The second-order valence-electron chi connectivity index (χ2n) is 1.80. The monoisotopic (exact) mass is 140 g/mol. The Bertz CT molecular complexity index is 170. The maximum Gasteiger partial charge on any atom is 0.308 e. The Hall–Kier alpha value is -1.12. The van der Waals surface area contributed by atoms with Gasteiger partial charge in [-0.15, -0.1) is 0 Å². The normalized spacial score (nSPS) is 12.1. The van der Waals surface area contributed by atoms with Crippen molar-refractivity contribution in [1.29, 1.82) is 5.41 Å². The third kappa shape index (κ3) is 3.83. The zero-order valence-electron chi connectivity index (χ0n) is 6.51. The van der Waals surface area contributed by atoms with E-state index in [0.717, 1.165) is 5.57 Å². The Morgan fingerprint density at radius 3 is 2.60 bits per heavy atom. The number of methoxy groups -OCH3 is 1. The largest absolute Gasteiger partial charge is 0.467 e. The zero-order valence-corrected chi connectivity index (χ0v) is 6.51. The summed E-state index contributed by atoms with van der Waals surface area (Å²) in [5.74, 6) is 0. The Morgan fingerprint density at radius 2 is 2.20 bits per heavy atom. The maximum absolute atomic E-state index is 6.96. The third-order valence-corrected chi connectivity index (χ3v) is 1.03. The molecule has 0 saturated carbocycles. The van der Waals surface area contributed by atoms with Gasteiger partial charge in [-0.05, 0) is 19.4 Å². The fraction of sp³-hybridized carbons (Fsp3) is 0.429. The lowest BCUT2D eigenvalue weighted by Crippen LogP contribution is -1.94. The van der Waals surface area contributed by atoms with E-state index >= 15 is 0 Å². The molecule has 0 unspecified atom stereocenters. The summed E-state index contributed by atoms with van der Waals surface area (Å²) in [5.41, 5.74) is 1.02. The molecule has 0 aromatic heterocycles. The molecule has 0 atom stereocenters. The first-order chi connectivity index (χ1) is 4.70. The van der Waals surface area contributed by atoms with E-state index in [1.165, 1.54) is 7.11 Å². The fourth-order valence-corrected chi connectivity index (χ4v) is 0.288. The highest BCUT2D eigenvalue weighted by atomic mass is 16.5. The van der Waals surface area contributed by atoms with Gasteiger partial charge in [0.2, 0.25) is 0 Å². The van der Waals surface area contributed by atoms with Crippen molar-refractivity contribution in [1.82, 2.24) is 0 Å². The van der Waals surface area contributed by atoms with Crippen molar-refractivity contribution in [3.8, 4) is 0 Å². The van der Waals surface area contributed by atoms with Crippen LogP contribution >= 0.6 is 0 Å². The van der Waals surface area contributed by atoms with Gasteiger partial charge in [-0.3, -0.25) is 0 Å². The molecular formula is C7H12N2O. The molecule has 56 valence electrons. The Balaban J connectivity index is 3.88. The van der Waals surface area contributed by atoms with Crippen molar-refractivity contribution in [2.45, 2.75) is 13.8 Å². The van der Waals surface area contributed by atoms with E-state index < -0.39 is 0 Å². The quantitative estimate of drug-likeness (QED) is 0.436. The average Bonchev–Trinajstić information content (AvgIpc) is 1.99. The lowest BCUT2D eigenvalue weighted by molar-refractivity contribution is 0.393. The molecule has 3 heteroatoms. The molecule has 0 spiro atoms. The number of hydrogen-bond acceptors (Lipinski definition) is 2. The van der Waals surface area contributed by atoms with Gasteiger partial charge in [-0.2, -0.15) is 0 Å². The van der Waals surface area contributed by atoms with Gasteiger partial charge in [0.15, 0.2) is 0 Å². The van der Waals surface area contributed by atoms with Gasteiger partial charge >= 0.3 is 6.02 Å². The molecule has 0 fully saturated rings. The first kappa shape index (κ1) is 8.88. The average molecular weight is 140 g/mol. The van der Waals surface area contributed by atoms with E-state index in [1.807, 2.05) is 19.9 Å². The van der Waals surface area contributed by atoms with Crippen LogP contribution in [0.1, 0.15) is 13.8 Å². The van der Waals surface area contributed by atoms with E-state index in [1.54, 1.807) is 6.21 Å². The van der Waals surface area contributed by atoms with Crippen molar-refractivity contribution < 1.29 is 4.74 Å². The number of ether oxygens (including phenoxy) is 1. The van der Waals surface area contributed by atoms with Gasteiger partial charge in [0.05, 0.1) is 7.11 Å². The summed E-state index contributed by atoms with van der Waals surface area (Å²) in [6.07, 6.45) is 3.50. The van der Waals surface area contributed by atoms with Crippen LogP contribution in [0.25, 0.3) is 0 Å². The third-order valence-electron chi connectivity index (χ3n) is 1.03. The molecule has 0 aromatic carbocycles. The van der Waals surface area contributed by atoms with Crippen molar-refractivity contribution in [2.75, 3.05) is 7.11 Å². The Kier molecular flexibility index (Phi) is 4.20. The van der Waals surface area contributed by atoms with E-state index in [2.05, 4.69) is 9.73 Å². The first-order valence-electron chi connectivity index (χ1n) is 3.00. The summed E-state index contributed by atoms with van der Waals surface area (Å²) >= 11 is 0. The van der Waals surface area contributed by atoms with Crippen molar-refractivity contribution in [3.63, 3.8) is 0 Å². The van der Waals surface area contributed by atoms with E-state index in [9.17, 15) is 0 Å². The standard InChI is InChI=1S/C7H12N2O/c1-4-6(2)5-9-7(8)10-3/h4-5,8H,1-3H3/b6-4-,8-7?,9-5-. The van der Waals surface area contributed by atoms with Gasteiger partial charge in [0.1, 0.15) is 0 Å². The molecule has 0 rings (SSSR count). The number of allylic oxidation sites excluding steroid dienone is 2. The van der Waals surface area contributed by atoms with Gasteiger partial charge in [-0.1, -0.05) is 6.08 Å². The molecule has 0 aliphatic rings. The second kappa shape index (κ2) is 4.73. The number of nitrogens with zero attached hydrogens (tertiary/aromatic N) is 1.